The molecule has 0 radical (unpaired) electrons. The number of aromatic nitrogens is 2. The molecule has 0 amide bonds. The second-order valence-electron chi connectivity index (χ2n) is 4.07. The third-order valence-corrected chi connectivity index (χ3v) is 3.79. The van der Waals surface area contributed by atoms with E-state index in [1.165, 1.54) is 4.88 Å². The van der Waals surface area contributed by atoms with E-state index in [0.717, 1.165) is 36.1 Å². The van der Waals surface area contributed by atoms with Crippen molar-refractivity contribution in [2.24, 2.45) is 0 Å². The van der Waals surface area contributed by atoms with Gasteiger partial charge in [0.05, 0.1) is 4.34 Å². The van der Waals surface area contributed by atoms with Crippen molar-refractivity contribution in [2.45, 2.75) is 19.8 Å². The van der Waals surface area contributed by atoms with Crippen LogP contribution in [0.1, 0.15) is 18.2 Å². The maximum absolute atomic E-state index is 5.89. The predicted octanol–water partition coefficient (Wildman–Crippen LogP) is 3.67. The van der Waals surface area contributed by atoms with Gasteiger partial charge in [0.25, 0.3) is 0 Å². The van der Waals surface area contributed by atoms with Crippen LogP contribution in [0.4, 0.5) is 11.8 Å². The lowest BCUT2D eigenvalue weighted by atomic mass is 10.3. The summed E-state index contributed by atoms with van der Waals surface area (Å²) in [5.41, 5.74) is 0. The number of nitrogens with zero attached hydrogens (tertiary/aromatic N) is 2. The highest BCUT2D eigenvalue weighted by atomic mass is 35.5. The molecule has 0 spiro atoms. The first-order valence-electron chi connectivity index (χ1n) is 6.33. The lowest BCUT2D eigenvalue weighted by molar-refractivity contribution is 0.948. The minimum Gasteiger partial charge on any atom is -0.370 e. The molecule has 0 bridgehead atoms. The first-order chi connectivity index (χ1) is 9.28. The van der Waals surface area contributed by atoms with Gasteiger partial charge < -0.3 is 10.6 Å². The van der Waals surface area contributed by atoms with Crippen LogP contribution in [0.3, 0.4) is 0 Å². The molecule has 0 aliphatic carbocycles. The van der Waals surface area contributed by atoms with Crippen LogP contribution in [0, 0.1) is 0 Å². The highest BCUT2D eigenvalue weighted by Gasteiger charge is 2.00. The van der Waals surface area contributed by atoms with Gasteiger partial charge in [0.1, 0.15) is 5.82 Å². The molecule has 2 N–H and O–H groups in total. The standard InChI is InChI=1S/C13H17ClN4S/c1-2-7-16-13-17-9-6-12(18-13)15-8-5-10-3-4-11(14)19-10/h3-4,6,9H,2,5,7-8H2,1H3,(H2,15,16,17,18). The summed E-state index contributed by atoms with van der Waals surface area (Å²) in [5.74, 6) is 1.52. The second kappa shape index (κ2) is 7.31. The summed E-state index contributed by atoms with van der Waals surface area (Å²) in [6.45, 7) is 3.83. The molecule has 6 heteroatoms. The van der Waals surface area contributed by atoms with Gasteiger partial charge in [-0.25, -0.2) is 4.98 Å². The highest BCUT2D eigenvalue weighted by molar-refractivity contribution is 7.16. The maximum Gasteiger partial charge on any atom is 0.224 e. The lowest BCUT2D eigenvalue weighted by Gasteiger charge is -2.07. The maximum atomic E-state index is 5.89. The van der Waals surface area contributed by atoms with Crippen LogP contribution in [0.25, 0.3) is 0 Å². The lowest BCUT2D eigenvalue weighted by Crippen LogP contribution is -2.09. The van der Waals surface area contributed by atoms with Crippen molar-refractivity contribution in [1.82, 2.24) is 9.97 Å². The first-order valence-corrected chi connectivity index (χ1v) is 7.52. The van der Waals surface area contributed by atoms with Crippen LogP contribution in [0.5, 0.6) is 0 Å². The number of nitrogens with one attached hydrogen (secondary N) is 2. The summed E-state index contributed by atoms with van der Waals surface area (Å²) >= 11 is 7.51. The Bertz CT molecular complexity index is 515. The Balaban J connectivity index is 1.82. The molecule has 4 nitrogen and oxygen atoms in total. The van der Waals surface area contributed by atoms with Gasteiger partial charge in [-0.3, -0.25) is 0 Å². The average molecular weight is 297 g/mol. The van der Waals surface area contributed by atoms with Gasteiger partial charge in [-0.2, -0.15) is 4.98 Å². The average Bonchev–Trinajstić information content (AvgIpc) is 2.83. The van der Waals surface area contributed by atoms with Crippen LogP contribution < -0.4 is 10.6 Å². The number of hydrogen-bond donors (Lipinski definition) is 2. The van der Waals surface area contributed by atoms with Crippen molar-refractivity contribution < 1.29 is 0 Å². The van der Waals surface area contributed by atoms with Gasteiger partial charge >= 0.3 is 0 Å². The predicted molar refractivity (Wildman–Crippen MR) is 82.3 cm³/mol. The zero-order valence-electron chi connectivity index (χ0n) is 10.8. The van der Waals surface area contributed by atoms with Gasteiger partial charge in [-0.05, 0) is 31.0 Å². The highest BCUT2D eigenvalue weighted by Crippen LogP contribution is 2.21. The van der Waals surface area contributed by atoms with E-state index >= 15 is 0 Å². The van der Waals surface area contributed by atoms with Gasteiger partial charge in [0.15, 0.2) is 0 Å². The van der Waals surface area contributed by atoms with Gasteiger partial charge in [0, 0.05) is 24.2 Å². The summed E-state index contributed by atoms with van der Waals surface area (Å²) in [7, 11) is 0. The fourth-order valence-corrected chi connectivity index (χ4v) is 2.67. The topological polar surface area (TPSA) is 49.8 Å². The van der Waals surface area contributed by atoms with Gasteiger partial charge in [0.2, 0.25) is 5.95 Å². The molecule has 0 aliphatic rings. The van der Waals surface area contributed by atoms with E-state index in [1.807, 2.05) is 12.1 Å². The molecule has 2 aromatic heterocycles. The van der Waals surface area contributed by atoms with Crippen molar-refractivity contribution in [2.75, 3.05) is 23.7 Å². The van der Waals surface area contributed by atoms with E-state index in [4.69, 9.17) is 11.6 Å². The molecule has 2 heterocycles. The normalized spacial score (nSPS) is 10.4. The van der Waals surface area contributed by atoms with Gasteiger partial charge in [-0.15, -0.1) is 11.3 Å². The van der Waals surface area contributed by atoms with E-state index in [0.29, 0.717) is 5.95 Å². The third kappa shape index (κ3) is 4.69. The Kier molecular flexibility index (Phi) is 5.42. The van der Waals surface area contributed by atoms with E-state index in [9.17, 15) is 0 Å². The molecule has 19 heavy (non-hydrogen) atoms. The van der Waals surface area contributed by atoms with E-state index < -0.39 is 0 Å². The van der Waals surface area contributed by atoms with Gasteiger partial charge in [-0.1, -0.05) is 18.5 Å². The molecule has 0 saturated carbocycles. The molecule has 0 atom stereocenters. The summed E-state index contributed by atoms with van der Waals surface area (Å²) in [6, 6.07) is 5.86. The van der Waals surface area contributed by atoms with Crippen molar-refractivity contribution in [3.8, 4) is 0 Å². The number of rotatable bonds is 7. The third-order valence-electron chi connectivity index (χ3n) is 2.50. The fourth-order valence-electron chi connectivity index (χ4n) is 1.58. The van der Waals surface area contributed by atoms with Crippen molar-refractivity contribution in [1.29, 1.82) is 0 Å². The largest absolute Gasteiger partial charge is 0.370 e. The summed E-state index contributed by atoms with van der Waals surface area (Å²) in [4.78, 5) is 9.83. The molecule has 0 saturated heterocycles. The zero-order valence-corrected chi connectivity index (χ0v) is 12.4. The Morgan fingerprint density at radius 2 is 2.11 bits per heavy atom. The molecule has 0 fully saturated rings. The van der Waals surface area contributed by atoms with Crippen LogP contribution in [0.2, 0.25) is 4.34 Å². The Labute approximate surface area is 122 Å². The van der Waals surface area contributed by atoms with Crippen LogP contribution in [-0.2, 0) is 6.42 Å². The monoisotopic (exact) mass is 296 g/mol. The minimum atomic E-state index is 0.672. The first kappa shape index (κ1) is 14.1. The van der Waals surface area contributed by atoms with Crippen molar-refractivity contribution in [3.05, 3.63) is 33.6 Å². The summed E-state index contributed by atoms with van der Waals surface area (Å²) in [6.07, 6.45) is 3.76. The molecule has 102 valence electrons. The Hall–Kier alpha value is -1.33. The number of thiophene rings is 1. The Morgan fingerprint density at radius 1 is 1.21 bits per heavy atom. The number of halogens is 1. The Morgan fingerprint density at radius 3 is 2.84 bits per heavy atom. The SMILES string of the molecule is CCCNc1nccc(NCCc2ccc(Cl)s2)n1. The van der Waals surface area contributed by atoms with Crippen molar-refractivity contribution in [3.63, 3.8) is 0 Å². The smallest absolute Gasteiger partial charge is 0.224 e. The molecular formula is C13H17ClN4S. The molecule has 0 unspecified atom stereocenters. The van der Waals surface area contributed by atoms with E-state index in [2.05, 4.69) is 33.6 Å². The fraction of sp³-hybridized carbons (Fsp3) is 0.385. The molecule has 0 aliphatic heterocycles. The zero-order chi connectivity index (χ0) is 13.5. The molecule has 0 aromatic carbocycles. The minimum absolute atomic E-state index is 0.672. The van der Waals surface area contributed by atoms with E-state index in [1.54, 1.807) is 17.5 Å². The summed E-state index contributed by atoms with van der Waals surface area (Å²) in [5, 5.41) is 6.46. The van der Waals surface area contributed by atoms with E-state index in [-0.39, 0.29) is 0 Å². The molecule has 2 rings (SSSR count). The molecule has 2 aromatic rings. The molecular weight excluding hydrogens is 280 g/mol. The van der Waals surface area contributed by atoms with Crippen LogP contribution in [-0.4, -0.2) is 23.1 Å². The van der Waals surface area contributed by atoms with Crippen LogP contribution >= 0.6 is 22.9 Å². The summed E-state index contributed by atoms with van der Waals surface area (Å²) < 4.78 is 0.836. The number of anilines is 2. The van der Waals surface area contributed by atoms with Crippen molar-refractivity contribution >= 4 is 34.7 Å². The quantitative estimate of drug-likeness (QED) is 0.818. The number of hydrogen-bond acceptors (Lipinski definition) is 5. The van der Waals surface area contributed by atoms with Crippen LogP contribution in [0.15, 0.2) is 24.4 Å². The second-order valence-corrected chi connectivity index (χ2v) is 5.87.